The van der Waals surface area contributed by atoms with Crippen LogP contribution >= 0.6 is 22.9 Å². The lowest BCUT2D eigenvalue weighted by Gasteiger charge is -2.00. The first-order chi connectivity index (χ1) is 8.63. The minimum Gasteiger partial charge on any atom is -0.422 e. The van der Waals surface area contributed by atoms with Gasteiger partial charge in [0.05, 0.1) is 11.3 Å². The van der Waals surface area contributed by atoms with Crippen molar-refractivity contribution in [1.29, 1.82) is 0 Å². The Kier molecular flexibility index (Phi) is 2.57. The minimum atomic E-state index is -0.435. The fourth-order valence-corrected chi connectivity index (χ4v) is 2.43. The summed E-state index contributed by atoms with van der Waals surface area (Å²) < 4.78 is 5.22. The molecule has 1 aromatic carbocycles. The van der Waals surface area contributed by atoms with E-state index in [1.807, 2.05) is 0 Å². The molecule has 2 aromatic heterocycles. The fourth-order valence-electron chi connectivity index (χ4n) is 1.68. The maximum atomic E-state index is 11.9. The molecular weight excluding hydrogens is 272 g/mol. The van der Waals surface area contributed by atoms with Crippen LogP contribution in [0.25, 0.3) is 22.2 Å². The number of aromatic nitrogens is 1. The summed E-state index contributed by atoms with van der Waals surface area (Å²) in [5.41, 5.74) is 6.53. The van der Waals surface area contributed by atoms with Crippen molar-refractivity contribution in [3.8, 4) is 11.3 Å². The molecule has 0 fully saturated rings. The quantitative estimate of drug-likeness (QED) is 0.694. The Labute approximate surface area is 111 Å². The van der Waals surface area contributed by atoms with Crippen LogP contribution in [0, 0.1) is 0 Å². The van der Waals surface area contributed by atoms with Gasteiger partial charge in [0.15, 0.2) is 5.13 Å². The van der Waals surface area contributed by atoms with Crippen molar-refractivity contribution < 1.29 is 4.42 Å². The number of rotatable bonds is 1. The number of thiazole rings is 1. The van der Waals surface area contributed by atoms with Crippen molar-refractivity contribution in [3.63, 3.8) is 0 Å². The Morgan fingerprint density at radius 2 is 2.17 bits per heavy atom. The van der Waals surface area contributed by atoms with Gasteiger partial charge in [0.25, 0.3) is 0 Å². The molecule has 0 aliphatic heterocycles. The molecule has 0 radical (unpaired) electrons. The van der Waals surface area contributed by atoms with Crippen LogP contribution in [0.15, 0.2) is 38.9 Å². The van der Waals surface area contributed by atoms with Crippen molar-refractivity contribution >= 4 is 39.0 Å². The van der Waals surface area contributed by atoms with Crippen molar-refractivity contribution in [3.05, 3.63) is 45.1 Å². The molecule has 0 bridgehead atoms. The van der Waals surface area contributed by atoms with E-state index in [0.717, 1.165) is 5.39 Å². The highest BCUT2D eigenvalue weighted by Crippen LogP contribution is 2.25. The number of benzene rings is 1. The Morgan fingerprint density at radius 3 is 2.89 bits per heavy atom. The smallest absolute Gasteiger partial charge is 0.345 e. The molecular formula is C12H7ClN2O2S. The van der Waals surface area contributed by atoms with Crippen LogP contribution in [0.2, 0.25) is 5.02 Å². The molecule has 0 spiro atoms. The Balaban J connectivity index is 2.29. The van der Waals surface area contributed by atoms with Gasteiger partial charge in [-0.3, -0.25) is 0 Å². The highest BCUT2D eigenvalue weighted by atomic mass is 35.5. The lowest BCUT2D eigenvalue weighted by Crippen LogP contribution is -2.02. The summed E-state index contributed by atoms with van der Waals surface area (Å²) in [6.45, 7) is 0. The van der Waals surface area contributed by atoms with Crippen LogP contribution < -0.4 is 11.4 Å². The molecule has 2 N–H and O–H groups in total. The molecule has 2 heterocycles. The monoisotopic (exact) mass is 278 g/mol. The zero-order chi connectivity index (χ0) is 12.7. The van der Waals surface area contributed by atoms with Gasteiger partial charge in [-0.2, -0.15) is 0 Å². The highest BCUT2D eigenvalue weighted by molar-refractivity contribution is 7.13. The zero-order valence-electron chi connectivity index (χ0n) is 9.01. The summed E-state index contributed by atoms with van der Waals surface area (Å²) >= 11 is 7.18. The SMILES string of the molecule is Nc1nc(-c2cc3cc(Cl)ccc3oc2=O)cs1. The van der Waals surface area contributed by atoms with Gasteiger partial charge in [-0.25, -0.2) is 9.78 Å². The lowest BCUT2D eigenvalue weighted by atomic mass is 10.1. The topological polar surface area (TPSA) is 69.1 Å². The van der Waals surface area contributed by atoms with Crippen LogP contribution in [0.4, 0.5) is 5.13 Å². The lowest BCUT2D eigenvalue weighted by molar-refractivity contribution is 0.563. The van der Waals surface area contributed by atoms with Crippen LogP contribution in [0.5, 0.6) is 0 Å². The molecule has 0 amide bonds. The van der Waals surface area contributed by atoms with E-state index in [1.165, 1.54) is 11.3 Å². The van der Waals surface area contributed by atoms with Crippen molar-refractivity contribution in [2.75, 3.05) is 5.73 Å². The maximum Gasteiger partial charge on any atom is 0.345 e. The average Bonchev–Trinajstić information content (AvgIpc) is 2.75. The summed E-state index contributed by atoms with van der Waals surface area (Å²) in [6.07, 6.45) is 0. The second kappa shape index (κ2) is 4.12. The fraction of sp³-hybridized carbons (Fsp3) is 0. The third kappa shape index (κ3) is 1.87. The van der Waals surface area contributed by atoms with Crippen LogP contribution in [-0.4, -0.2) is 4.98 Å². The summed E-state index contributed by atoms with van der Waals surface area (Å²) in [7, 11) is 0. The Bertz CT molecular complexity index is 794. The summed E-state index contributed by atoms with van der Waals surface area (Å²) in [5, 5.41) is 3.47. The second-order valence-corrected chi connectivity index (χ2v) is 5.03. The Morgan fingerprint density at radius 1 is 1.33 bits per heavy atom. The van der Waals surface area contributed by atoms with Gasteiger partial charge >= 0.3 is 5.63 Å². The zero-order valence-corrected chi connectivity index (χ0v) is 10.6. The third-order valence-corrected chi connectivity index (χ3v) is 3.40. The van der Waals surface area contributed by atoms with Crippen LogP contribution in [0.1, 0.15) is 0 Å². The van der Waals surface area contributed by atoms with E-state index < -0.39 is 5.63 Å². The van der Waals surface area contributed by atoms with E-state index >= 15 is 0 Å². The van der Waals surface area contributed by atoms with Crippen LogP contribution in [0.3, 0.4) is 0 Å². The van der Waals surface area contributed by atoms with Gasteiger partial charge in [0.2, 0.25) is 0 Å². The molecule has 4 nitrogen and oxygen atoms in total. The predicted octanol–water partition coefficient (Wildman–Crippen LogP) is 3.15. The van der Waals surface area contributed by atoms with Crippen LogP contribution in [-0.2, 0) is 0 Å². The molecule has 0 saturated heterocycles. The van der Waals surface area contributed by atoms with E-state index in [2.05, 4.69) is 4.98 Å². The van der Waals surface area contributed by atoms with Gasteiger partial charge in [-0.1, -0.05) is 11.6 Å². The van der Waals surface area contributed by atoms with Gasteiger partial charge in [0, 0.05) is 15.8 Å². The van der Waals surface area contributed by atoms with E-state index in [0.29, 0.717) is 27.0 Å². The number of nitrogen functional groups attached to an aromatic ring is 1. The number of nitrogens with zero attached hydrogens (tertiary/aromatic N) is 1. The standard InChI is InChI=1S/C12H7ClN2O2S/c13-7-1-2-10-6(3-7)4-8(11(16)17-10)9-5-18-12(14)15-9/h1-5H,(H2,14,15). The number of halogens is 1. The predicted molar refractivity (Wildman–Crippen MR) is 73.0 cm³/mol. The number of hydrogen-bond donors (Lipinski definition) is 1. The van der Waals surface area contributed by atoms with E-state index in [9.17, 15) is 4.79 Å². The third-order valence-electron chi connectivity index (χ3n) is 2.49. The van der Waals surface area contributed by atoms with Gasteiger partial charge in [0.1, 0.15) is 5.58 Å². The van der Waals surface area contributed by atoms with E-state index in [1.54, 1.807) is 29.6 Å². The van der Waals surface area contributed by atoms with Crippen molar-refractivity contribution in [2.24, 2.45) is 0 Å². The van der Waals surface area contributed by atoms with Gasteiger partial charge < -0.3 is 10.2 Å². The molecule has 3 rings (SSSR count). The molecule has 3 aromatic rings. The summed E-state index contributed by atoms with van der Waals surface area (Å²) in [5.74, 6) is 0. The van der Waals surface area contributed by atoms with Crippen molar-refractivity contribution in [2.45, 2.75) is 0 Å². The minimum absolute atomic E-state index is 0.387. The number of anilines is 1. The molecule has 0 saturated carbocycles. The number of fused-ring (bicyclic) bond motifs is 1. The number of nitrogens with two attached hydrogens (primary N) is 1. The largest absolute Gasteiger partial charge is 0.422 e. The highest BCUT2D eigenvalue weighted by Gasteiger charge is 2.10. The molecule has 0 aliphatic carbocycles. The van der Waals surface area contributed by atoms with Crippen molar-refractivity contribution in [1.82, 2.24) is 4.98 Å². The Hall–Kier alpha value is -1.85. The molecule has 0 atom stereocenters. The van der Waals surface area contributed by atoms with E-state index in [-0.39, 0.29) is 0 Å². The normalized spacial score (nSPS) is 10.9. The molecule has 90 valence electrons. The van der Waals surface area contributed by atoms with E-state index in [4.69, 9.17) is 21.8 Å². The summed E-state index contributed by atoms with van der Waals surface area (Å²) in [6, 6.07) is 6.78. The molecule has 18 heavy (non-hydrogen) atoms. The first-order valence-corrected chi connectivity index (χ1v) is 6.34. The molecule has 6 heteroatoms. The molecule has 0 aliphatic rings. The summed E-state index contributed by atoms with van der Waals surface area (Å²) in [4.78, 5) is 15.9. The first kappa shape index (κ1) is 11.3. The number of hydrogen-bond acceptors (Lipinski definition) is 5. The maximum absolute atomic E-state index is 11.9. The average molecular weight is 279 g/mol. The van der Waals surface area contributed by atoms with Gasteiger partial charge in [-0.05, 0) is 24.3 Å². The van der Waals surface area contributed by atoms with Gasteiger partial charge in [-0.15, -0.1) is 11.3 Å². The first-order valence-electron chi connectivity index (χ1n) is 5.08. The second-order valence-electron chi connectivity index (χ2n) is 3.70. The molecule has 0 unspecified atom stereocenters.